The van der Waals surface area contributed by atoms with Crippen LogP contribution in [0.15, 0.2) is 61.5 Å². The Morgan fingerprint density at radius 2 is 0.819 bits per heavy atom. The summed E-state index contributed by atoms with van der Waals surface area (Å²) in [6, 6.07) is 0. The third-order valence-electron chi connectivity index (χ3n) is 23.5. The molecule has 0 aliphatic carbocycles. The monoisotopic (exact) mass is 2200 g/mol. The van der Waals surface area contributed by atoms with Crippen molar-refractivity contribution in [3.63, 3.8) is 0 Å². The van der Waals surface area contributed by atoms with E-state index in [1.165, 1.54) is 95.9 Å². The molecule has 60 nitrogen and oxygen atoms in total. The highest BCUT2D eigenvalue weighted by Gasteiger charge is 2.58. The molecule has 6 aliphatic heterocycles. The van der Waals surface area contributed by atoms with E-state index < -0.39 is 231 Å². The van der Waals surface area contributed by atoms with Crippen LogP contribution in [0.3, 0.4) is 0 Å². The van der Waals surface area contributed by atoms with E-state index in [2.05, 4.69) is 72.1 Å². The number of hydrogen-bond acceptors (Lipinski definition) is 51. The smallest absolute Gasteiger partial charge is 0.387 e. The number of nitrogens with zero attached hydrogens (tertiary/aromatic N) is 16. The normalized spacial score (nSPS) is 28.8. The Kier molecular flexibility index (Phi) is 35.9. The zero-order valence-electron chi connectivity index (χ0n) is 78.1. The van der Waals surface area contributed by atoms with E-state index in [9.17, 15) is 48.7 Å². The maximum Gasteiger partial charge on any atom is 0.472 e. The molecule has 0 spiro atoms. The van der Waals surface area contributed by atoms with Gasteiger partial charge in [-0.15, -0.1) is 0 Å². The second kappa shape index (κ2) is 46.8. The van der Waals surface area contributed by atoms with E-state index >= 15 is 9.13 Å². The zero-order valence-corrected chi connectivity index (χ0v) is 85.9. The molecule has 9 aromatic heterocycles. The van der Waals surface area contributed by atoms with Gasteiger partial charge in [0.1, 0.15) is 126 Å². The van der Waals surface area contributed by atoms with Gasteiger partial charge < -0.3 is 148 Å². The molecule has 9 unspecified atom stereocenters. The molecule has 19 N–H and O–H groups in total. The van der Waals surface area contributed by atoms with Crippen molar-refractivity contribution in [3.8, 4) is 0 Å². The number of nitrogen functional groups attached to an aromatic ring is 6. The first-order valence-corrected chi connectivity index (χ1v) is 56.1. The second-order valence-electron chi connectivity index (χ2n) is 33.4. The van der Waals surface area contributed by atoms with Crippen molar-refractivity contribution in [2.75, 3.05) is 149 Å². The van der Waals surface area contributed by atoms with E-state index in [4.69, 9.17) is 181 Å². The molecule has 6 aliphatic rings. The molecule has 6 saturated heterocycles. The summed E-state index contributed by atoms with van der Waals surface area (Å²) in [4.78, 5) is 164. The lowest BCUT2D eigenvalue weighted by molar-refractivity contribution is -0.0838. The van der Waals surface area contributed by atoms with Crippen LogP contribution in [0.5, 0.6) is 0 Å². The molecular weight excluding hydrogens is 2100 g/mol. The molecular formula is C75H109N24O36P5S4. The van der Waals surface area contributed by atoms with Crippen LogP contribution >= 0.6 is 47.0 Å². The zero-order chi connectivity index (χ0) is 104. The molecule has 27 atom stereocenters. The molecule has 0 radical (unpaired) electrons. The lowest BCUT2D eigenvalue weighted by Gasteiger charge is -2.30. The quantitative estimate of drug-likeness (QED) is 0.0134. The molecule has 794 valence electrons. The number of anilines is 6. The molecule has 69 heteroatoms. The SMILES string of the molecule is CCC[C@H]1O[C@@H](n2cnc3c(N)nc(N)nc32)C[C@H]1OP(O)(=S)OC[C@H]1O[C@@H](n2cc(C)c(=O)[nH]c2=O)C[C@H]1OP(=O)(S)OC[C@H]1O[C@@H](n2cnc3c(N)nc(N)nc32)C(OCCOC)[C@H]1OP(=O)(O)OC[C@H]1O[C@@H](n2cc(C)c(N)nc2=O)C(OCCOC)[C@H]1OP(O)(=S)OC[C@H]1O[C@@H](n2cnc3c(=O)[nH]c(C)nc32)C(OCCOC)[C@H]1OP(O)(=S)OC[C@H]1O[C@@H](n2cc(C)c(N)nc2=O)C(OCCOC)[C@H]1O. The Hall–Kier alpha value is -7.71. The molecule has 0 bridgehead atoms. The Bertz CT molecular complexity index is 6660. The van der Waals surface area contributed by atoms with E-state index in [0.29, 0.717) is 18.4 Å². The summed E-state index contributed by atoms with van der Waals surface area (Å²) in [7, 11) is -0.380. The molecule has 6 fully saturated rings. The third kappa shape index (κ3) is 25.6. The number of rotatable bonds is 49. The van der Waals surface area contributed by atoms with E-state index in [-0.39, 0.29) is 151 Å². The van der Waals surface area contributed by atoms with Gasteiger partial charge in [-0.05, 0) is 69.5 Å². The number of fused-ring (bicyclic) bond motifs is 3. The van der Waals surface area contributed by atoms with Gasteiger partial charge in [0.05, 0.1) is 117 Å². The number of ether oxygens (including phenoxy) is 14. The highest BCUT2D eigenvalue weighted by atomic mass is 32.7. The Balaban J connectivity index is 0.710. The standard InChI is InChI=1S/C75H109N24O36P5S4/c1-10-11-37-38(20-46(125-37)97-30-82-47-60(78)87-71(80)91-62(47)97)131-137(108,141)121-25-40-39(21-45(126-40)94-24-35(4)65(101)93-75(94)105)132-138(109,142)123-28-43-51(55(117-17-13-113-7)69(129-43)98-31-83-48-61(79)88-72(81)92-63(48)98)133-136(106,107)120-27-42-52(56(118-18-14-114-8)68(128-42)96-23-34(3)59(77)90-74(96)104)134-140(111,144)124-29-44-53(57(119-19-15-115-9)70(130-44)99-32-84-49-64(99)85-36(5)86-66(49)102)135-139(110,143)122-26-41-50(100)54(116-16-12-112-6)67(127-41)95-22-33(2)58(76)89-73(95)103/h22-24,30-32,37-46,50-57,67-70,100H,10-21,25-29H2,1-9H3,(H,106,107)(H,108,141)(H,109,142)(H,110,143)(H,111,144)(H2,76,89,103)(H2,77,90,104)(H,85,86,102)(H,93,101,105)(H4,78,80,87,91)(H4,79,81,88,92)/t37-,38-,39-,40-,41-,42-,43-,44-,45-,46-,50+,51+,52+,53+,54?,55?,56?,57?,67-,68-,69-,70-,137?,138?,139?,140?/m1/s1. The summed E-state index contributed by atoms with van der Waals surface area (Å²) in [6.07, 6.45) is -24.6. The van der Waals surface area contributed by atoms with E-state index in [1.807, 2.05) is 6.92 Å². The molecule has 9 aromatic rings. The fourth-order valence-electron chi connectivity index (χ4n) is 16.7. The van der Waals surface area contributed by atoms with Crippen LogP contribution in [0, 0.1) is 27.7 Å². The van der Waals surface area contributed by atoms with Crippen LogP contribution in [0.4, 0.5) is 35.2 Å². The number of phosphoric ester groups is 1. The average Bonchev–Trinajstić information content (AvgIpc) is 1.61. The first-order valence-electron chi connectivity index (χ1n) is 44.2. The van der Waals surface area contributed by atoms with Crippen molar-refractivity contribution in [3.05, 3.63) is 112 Å². The number of methoxy groups -OCH3 is 4. The number of H-pyrrole nitrogens is 2. The number of imidazole rings is 3. The minimum atomic E-state index is -5.85. The van der Waals surface area contributed by atoms with Gasteiger partial charge in [0.2, 0.25) is 11.9 Å². The van der Waals surface area contributed by atoms with Crippen LogP contribution in [0.1, 0.15) is 92.5 Å². The Morgan fingerprint density at radius 1 is 0.424 bits per heavy atom. The molecule has 0 aromatic carbocycles. The summed E-state index contributed by atoms with van der Waals surface area (Å²) < 4.78 is 185. The van der Waals surface area contributed by atoms with Crippen molar-refractivity contribution in [1.29, 1.82) is 0 Å². The van der Waals surface area contributed by atoms with Crippen LogP contribution in [-0.2, 0) is 156 Å². The van der Waals surface area contributed by atoms with Crippen molar-refractivity contribution >= 4 is 151 Å². The maximum atomic E-state index is 15.5. The fourth-order valence-corrected chi connectivity index (χ4v) is 23.6. The predicted molar refractivity (Wildman–Crippen MR) is 513 cm³/mol. The minimum Gasteiger partial charge on any atom is -0.387 e. The lowest BCUT2D eigenvalue weighted by atomic mass is 10.1. The van der Waals surface area contributed by atoms with Gasteiger partial charge in [-0.25, -0.2) is 43.4 Å². The van der Waals surface area contributed by atoms with Crippen molar-refractivity contribution in [1.82, 2.24) is 87.2 Å². The van der Waals surface area contributed by atoms with Gasteiger partial charge in [0.15, 0.2) is 59.0 Å². The van der Waals surface area contributed by atoms with E-state index in [1.54, 1.807) is 11.5 Å². The summed E-state index contributed by atoms with van der Waals surface area (Å²) in [5.41, 5.74) is 33.2. The number of thiol groups is 1. The van der Waals surface area contributed by atoms with Crippen LogP contribution in [0.25, 0.3) is 33.5 Å². The Labute approximate surface area is 835 Å². The summed E-state index contributed by atoms with van der Waals surface area (Å²) in [5.74, 6) is -0.797. The number of aromatic amines is 2. The summed E-state index contributed by atoms with van der Waals surface area (Å²) in [6.45, 7) is -17.2. The number of hydrogen-bond donors (Lipinski definition) is 14. The first kappa shape index (κ1) is 110. The van der Waals surface area contributed by atoms with Gasteiger partial charge in [0, 0.05) is 76.6 Å². The number of aliphatic hydroxyl groups excluding tert-OH is 1. The first-order chi connectivity index (χ1) is 68.4. The number of nitrogens with two attached hydrogens (primary N) is 6. The van der Waals surface area contributed by atoms with Crippen molar-refractivity contribution in [2.45, 2.75) is 195 Å². The number of aryl methyl sites for hydroxylation is 4. The molecule has 15 heterocycles. The van der Waals surface area contributed by atoms with E-state index in [0.717, 1.165) is 13.7 Å². The predicted octanol–water partition coefficient (Wildman–Crippen LogP) is -0.160. The number of nitrogens with one attached hydrogen (secondary N) is 2. The van der Waals surface area contributed by atoms with Gasteiger partial charge >= 0.3 is 51.8 Å². The minimum absolute atomic E-state index is 0.0217. The summed E-state index contributed by atoms with van der Waals surface area (Å²) in [5, 5.41) is 11.9. The fraction of sp³-hybridized carbons (Fsp3) is 0.640. The number of phosphoric acid groups is 1. The largest absolute Gasteiger partial charge is 0.472 e. The topological polar surface area (TPSA) is 788 Å². The molecule has 144 heavy (non-hydrogen) atoms. The van der Waals surface area contributed by atoms with Crippen LogP contribution in [0.2, 0.25) is 0 Å². The van der Waals surface area contributed by atoms with Gasteiger partial charge in [-0.2, -0.15) is 29.9 Å². The highest BCUT2D eigenvalue weighted by Crippen LogP contribution is 2.60. The highest BCUT2D eigenvalue weighted by molar-refractivity contribution is 8.44. The molecule has 0 amide bonds. The second-order valence-corrected chi connectivity index (χ2v) is 46.1. The van der Waals surface area contributed by atoms with Crippen molar-refractivity contribution in [2.24, 2.45) is 0 Å². The summed E-state index contributed by atoms with van der Waals surface area (Å²) >= 11 is 21.6. The van der Waals surface area contributed by atoms with Gasteiger partial charge in [-0.1, -0.05) is 25.6 Å². The molecule has 0 saturated carbocycles. The maximum absolute atomic E-state index is 15.5. The number of aromatic nitrogens is 18. The molecule has 15 rings (SSSR count). The van der Waals surface area contributed by atoms with Crippen LogP contribution in [-0.4, -0.2) is 324 Å². The third-order valence-corrected chi connectivity index (χ3v) is 30.8. The Morgan fingerprint density at radius 3 is 1.33 bits per heavy atom. The van der Waals surface area contributed by atoms with Crippen LogP contribution < -0.4 is 62.6 Å². The average molecular weight is 2210 g/mol. The van der Waals surface area contributed by atoms with Gasteiger partial charge in [-0.3, -0.25) is 69.1 Å². The lowest BCUT2D eigenvalue weighted by Crippen LogP contribution is -2.41. The number of aliphatic hydroxyl groups is 1. The van der Waals surface area contributed by atoms with Crippen molar-refractivity contribution < 1.29 is 145 Å². The van der Waals surface area contributed by atoms with Gasteiger partial charge in [0.25, 0.3) is 11.1 Å².